The lowest BCUT2D eigenvalue weighted by atomic mass is 10.1. The van der Waals surface area contributed by atoms with E-state index >= 15 is 0 Å². The molecule has 0 bridgehead atoms. The number of carbonyl (C=O) groups is 1. The van der Waals surface area contributed by atoms with Crippen LogP contribution < -0.4 is 0 Å². The van der Waals surface area contributed by atoms with Crippen LogP contribution in [0.5, 0.6) is 0 Å². The van der Waals surface area contributed by atoms with E-state index in [0.717, 1.165) is 25.1 Å². The summed E-state index contributed by atoms with van der Waals surface area (Å²) in [5.41, 5.74) is 2.25. The molecule has 0 aliphatic carbocycles. The van der Waals surface area contributed by atoms with Crippen LogP contribution >= 0.6 is 0 Å². The summed E-state index contributed by atoms with van der Waals surface area (Å²) in [5, 5.41) is 0. The average Bonchev–Trinajstić information content (AvgIpc) is 3.18. The number of carbonyl (C=O) groups excluding carboxylic acids is 1. The molecular weight excluding hydrogens is 290 g/mol. The molecule has 3 aromatic heterocycles. The minimum absolute atomic E-state index is 0.00356. The Balaban J connectivity index is 1.74. The molecule has 0 saturated carbocycles. The number of pyridine rings is 1. The van der Waals surface area contributed by atoms with Gasteiger partial charge in [0.15, 0.2) is 0 Å². The van der Waals surface area contributed by atoms with Gasteiger partial charge in [0.2, 0.25) is 5.78 Å². The van der Waals surface area contributed by atoms with Gasteiger partial charge in [-0.2, -0.15) is 0 Å². The van der Waals surface area contributed by atoms with Crippen LogP contribution in [-0.2, 0) is 0 Å². The monoisotopic (exact) mass is 307 g/mol. The van der Waals surface area contributed by atoms with E-state index in [9.17, 15) is 4.79 Å². The van der Waals surface area contributed by atoms with E-state index in [4.69, 9.17) is 0 Å². The van der Waals surface area contributed by atoms with E-state index in [1.807, 2.05) is 42.3 Å². The Morgan fingerprint density at radius 2 is 2.09 bits per heavy atom. The molecule has 23 heavy (non-hydrogen) atoms. The summed E-state index contributed by atoms with van der Waals surface area (Å²) in [5.74, 6) is 0.554. The molecule has 1 atom stereocenters. The maximum Gasteiger partial charge on any atom is 0.273 e. The highest BCUT2D eigenvalue weighted by atomic mass is 16.2. The normalized spacial score (nSPS) is 17.8. The van der Waals surface area contributed by atoms with Crippen molar-refractivity contribution in [1.82, 2.24) is 24.3 Å². The highest BCUT2D eigenvalue weighted by Gasteiger charge is 2.33. The van der Waals surface area contributed by atoms with Gasteiger partial charge in [0.1, 0.15) is 5.69 Å². The quantitative estimate of drug-likeness (QED) is 0.729. The molecule has 4 rings (SSSR count). The number of aryl methyl sites for hydroxylation is 1. The Hall–Kier alpha value is -2.76. The van der Waals surface area contributed by atoms with Crippen molar-refractivity contribution in [3.05, 3.63) is 59.9 Å². The third kappa shape index (κ3) is 2.27. The highest BCUT2D eigenvalue weighted by Crippen LogP contribution is 2.32. The smallest absolute Gasteiger partial charge is 0.273 e. The highest BCUT2D eigenvalue weighted by molar-refractivity contribution is 5.95. The van der Waals surface area contributed by atoms with Gasteiger partial charge in [0.05, 0.1) is 17.4 Å². The lowest BCUT2D eigenvalue weighted by molar-refractivity contribution is 0.0725. The third-order valence-electron chi connectivity index (χ3n) is 4.32. The van der Waals surface area contributed by atoms with Gasteiger partial charge in [0.25, 0.3) is 5.91 Å². The second-order valence-corrected chi connectivity index (χ2v) is 5.75. The number of nitrogens with zero attached hydrogens (tertiary/aromatic N) is 5. The van der Waals surface area contributed by atoms with Gasteiger partial charge in [-0.25, -0.2) is 9.97 Å². The molecule has 6 nitrogen and oxygen atoms in total. The number of amides is 1. The van der Waals surface area contributed by atoms with Crippen LogP contribution in [0.1, 0.15) is 40.8 Å². The van der Waals surface area contributed by atoms with Gasteiger partial charge in [-0.15, -0.1) is 0 Å². The Labute approximate surface area is 133 Å². The first-order chi connectivity index (χ1) is 11.3. The van der Waals surface area contributed by atoms with Crippen molar-refractivity contribution in [2.45, 2.75) is 25.8 Å². The number of aromatic nitrogens is 4. The number of hydrogen-bond acceptors (Lipinski definition) is 4. The zero-order valence-electron chi connectivity index (χ0n) is 12.9. The number of imidazole rings is 1. The lowest BCUT2D eigenvalue weighted by Crippen LogP contribution is -2.32. The molecule has 1 unspecified atom stereocenters. The van der Waals surface area contributed by atoms with Crippen molar-refractivity contribution < 1.29 is 4.79 Å². The fourth-order valence-corrected chi connectivity index (χ4v) is 3.28. The molecule has 1 fully saturated rings. The summed E-state index contributed by atoms with van der Waals surface area (Å²) in [7, 11) is 0. The summed E-state index contributed by atoms with van der Waals surface area (Å²) < 4.78 is 1.77. The maximum absolute atomic E-state index is 13.1. The van der Waals surface area contributed by atoms with Crippen LogP contribution in [0.3, 0.4) is 0 Å². The van der Waals surface area contributed by atoms with E-state index in [0.29, 0.717) is 17.2 Å². The molecule has 1 aliphatic heterocycles. The largest absolute Gasteiger partial charge is 0.329 e. The number of fused-ring (bicyclic) bond motifs is 1. The van der Waals surface area contributed by atoms with Crippen molar-refractivity contribution >= 4 is 11.7 Å². The molecule has 3 aromatic rings. The van der Waals surface area contributed by atoms with E-state index < -0.39 is 0 Å². The molecule has 4 heterocycles. The first kappa shape index (κ1) is 13.9. The molecule has 0 aromatic carbocycles. The standard InChI is InChI=1S/C17H17N5O/c1-12-15(22-11-5-9-19-17(22)20-12)16(23)21-10-4-7-14(21)13-6-2-3-8-18-13/h2-3,5-6,8-9,11,14H,4,7,10H2,1H3. The van der Waals surface area contributed by atoms with Crippen LogP contribution in [0, 0.1) is 6.92 Å². The van der Waals surface area contributed by atoms with Crippen molar-refractivity contribution in [1.29, 1.82) is 0 Å². The lowest BCUT2D eigenvalue weighted by Gasteiger charge is -2.24. The Morgan fingerprint density at radius 1 is 1.22 bits per heavy atom. The van der Waals surface area contributed by atoms with E-state index in [1.165, 1.54) is 0 Å². The topological polar surface area (TPSA) is 63.4 Å². The summed E-state index contributed by atoms with van der Waals surface area (Å²) >= 11 is 0. The predicted molar refractivity (Wildman–Crippen MR) is 85.0 cm³/mol. The number of hydrogen-bond donors (Lipinski definition) is 0. The Bertz CT molecular complexity index is 858. The van der Waals surface area contributed by atoms with Crippen LogP contribution in [0.15, 0.2) is 42.9 Å². The fourth-order valence-electron chi connectivity index (χ4n) is 3.28. The second kappa shape index (κ2) is 5.46. The van der Waals surface area contributed by atoms with Gasteiger partial charge in [0, 0.05) is 25.1 Å². The minimum atomic E-state index is -0.00356. The summed E-state index contributed by atoms with van der Waals surface area (Å²) in [4.78, 5) is 28.1. The van der Waals surface area contributed by atoms with Crippen LogP contribution in [0.4, 0.5) is 0 Å². The Morgan fingerprint density at radius 3 is 2.91 bits per heavy atom. The van der Waals surface area contributed by atoms with Gasteiger partial charge in [-0.05, 0) is 38.0 Å². The van der Waals surface area contributed by atoms with Crippen molar-refractivity contribution in [2.24, 2.45) is 0 Å². The summed E-state index contributed by atoms with van der Waals surface area (Å²) in [6.45, 7) is 2.60. The Kier molecular flexibility index (Phi) is 3.29. The molecule has 0 spiro atoms. The zero-order chi connectivity index (χ0) is 15.8. The molecule has 1 saturated heterocycles. The molecule has 0 radical (unpaired) electrons. The van der Waals surface area contributed by atoms with Gasteiger partial charge >= 0.3 is 0 Å². The predicted octanol–water partition coefficient (Wildman–Crippen LogP) is 2.41. The van der Waals surface area contributed by atoms with E-state index in [2.05, 4.69) is 15.0 Å². The summed E-state index contributed by atoms with van der Waals surface area (Å²) in [6.07, 6.45) is 7.22. The molecule has 116 valence electrons. The maximum atomic E-state index is 13.1. The summed E-state index contributed by atoms with van der Waals surface area (Å²) in [6, 6.07) is 7.69. The van der Waals surface area contributed by atoms with Crippen molar-refractivity contribution in [3.63, 3.8) is 0 Å². The first-order valence-electron chi connectivity index (χ1n) is 7.77. The minimum Gasteiger partial charge on any atom is -0.329 e. The SMILES string of the molecule is Cc1nc2ncccn2c1C(=O)N1CCCC1c1ccccn1. The molecule has 1 amide bonds. The number of likely N-dealkylation sites (tertiary alicyclic amines) is 1. The molecular formula is C17H17N5O. The zero-order valence-corrected chi connectivity index (χ0v) is 12.9. The third-order valence-corrected chi connectivity index (χ3v) is 4.32. The van der Waals surface area contributed by atoms with Gasteiger partial charge in [-0.3, -0.25) is 14.2 Å². The molecule has 1 aliphatic rings. The van der Waals surface area contributed by atoms with Crippen molar-refractivity contribution in [2.75, 3.05) is 6.54 Å². The van der Waals surface area contributed by atoms with Gasteiger partial charge in [-0.1, -0.05) is 6.07 Å². The molecule has 0 N–H and O–H groups in total. The van der Waals surface area contributed by atoms with Crippen LogP contribution in [-0.4, -0.2) is 36.7 Å². The average molecular weight is 307 g/mol. The number of rotatable bonds is 2. The van der Waals surface area contributed by atoms with Crippen molar-refractivity contribution in [3.8, 4) is 0 Å². The molecule has 6 heteroatoms. The van der Waals surface area contributed by atoms with E-state index in [1.54, 1.807) is 16.8 Å². The fraction of sp³-hybridized carbons (Fsp3) is 0.294. The first-order valence-corrected chi connectivity index (χ1v) is 7.77. The van der Waals surface area contributed by atoms with Crippen LogP contribution in [0.25, 0.3) is 5.78 Å². The van der Waals surface area contributed by atoms with Gasteiger partial charge < -0.3 is 4.90 Å². The second-order valence-electron chi connectivity index (χ2n) is 5.75. The van der Waals surface area contributed by atoms with Crippen LogP contribution in [0.2, 0.25) is 0 Å². The van der Waals surface area contributed by atoms with E-state index in [-0.39, 0.29) is 11.9 Å².